The van der Waals surface area contributed by atoms with Gasteiger partial charge in [0.1, 0.15) is 29.2 Å². The third-order valence-electron chi connectivity index (χ3n) is 3.07. The van der Waals surface area contributed by atoms with Crippen molar-refractivity contribution in [1.82, 2.24) is 0 Å². The van der Waals surface area contributed by atoms with Gasteiger partial charge in [0, 0.05) is 12.1 Å². The van der Waals surface area contributed by atoms with Crippen LogP contribution in [0.25, 0.3) is 0 Å². The van der Waals surface area contributed by atoms with Crippen LogP contribution in [0.15, 0.2) is 36.4 Å². The summed E-state index contributed by atoms with van der Waals surface area (Å²) in [7, 11) is 1.32. The molecule has 21 heavy (non-hydrogen) atoms. The summed E-state index contributed by atoms with van der Waals surface area (Å²) in [5.41, 5.74) is -0.0265. The first kappa shape index (κ1) is 15.3. The molecule has 0 aromatic heterocycles. The van der Waals surface area contributed by atoms with Gasteiger partial charge in [-0.25, -0.2) is 8.78 Å². The second-order valence-corrected chi connectivity index (χ2v) is 4.41. The maximum atomic E-state index is 13.9. The summed E-state index contributed by atoms with van der Waals surface area (Å²) in [5, 5.41) is 10.2. The van der Waals surface area contributed by atoms with Crippen LogP contribution in [-0.4, -0.2) is 18.8 Å². The molecule has 1 N–H and O–H groups in total. The van der Waals surface area contributed by atoms with Crippen LogP contribution in [0, 0.1) is 11.6 Å². The number of methoxy groups -OCH3 is 1. The van der Waals surface area contributed by atoms with Crippen LogP contribution < -0.4 is 9.47 Å². The Balaban J connectivity index is 2.33. The largest absolute Gasteiger partial charge is 0.497 e. The molecule has 0 aliphatic carbocycles. The number of ether oxygens (including phenoxy) is 2. The molecule has 1 unspecified atom stereocenters. The van der Waals surface area contributed by atoms with Crippen molar-refractivity contribution in [2.24, 2.45) is 0 Å². The normalized spacial score (nSPS) is 12.0. The van der Waals surface area contributed by atoms with Gasteiger partial charge in [0.15, 0.2) is 0 Å². The first-order chi connectivity index (χ1) is 10.1. The molecule has 2 rings (SSSR count). The number of aliphatic hydroxyl groups is 1. The van der Waals surface area contributed by atoms with Crippen molar-refractivity contribution < 1.29 is 23.4 Å². The van der Waals surface area contributed by atoms with Gasteiger partial charge in [-0.3, -0.25) is 0 Å². The van der Waals surface area contributed by atoms with E-state index in [0.29, 0.717) is 17.9 Å². The van der Waals surface area contributed by atoms with Gasteiger partial charge in [-0.2, -0.15) is 0 Å². The summed E-state index contributed by atoms with van der Waals surface area (Å²) < 4.78 is 37.9. The highest BCUT2D eigenvalue weighted by Gasteiger charge is 2.21. The molecule has 3 nitrogen and oxygen atoms in total. The van der Waals surface area contributed by atoms with Crippen LogP contribution in [-0.2, 0) is 0 Å². The maximum Gasteiger partial charge on any atom is 0.135 e. The van der Waals surface area contributed by atoms with Gasteiger partial charge < -0.3 is 14.6 Å². The zero-order chi connectivity index (χ0) is 15.4. The molecule has 0 amide bonds. The summed E-state index contributed by atoms with van der Waals surface area (Å²) in [5.74, 6) is -1.02. The van der Waals surface area contributed by atoms with E-state index >= 15 is 0 Å². The van der Waals surface area contributed by atoms with Crippen molar-refractivity contribution in [2.75, 3.05) is 13.7 Å². The highest BCUT2D eigenvalue weighted by Crippen LogP contribution is 2.30. The molecule has 0 fully saturated rings. The highest BCUT2D eigenvalue weighted by atomic mass is 19.1. The SMILES string of the molecule is CCOc1ccc(C(O)c2c(F)cc(OC)cc2F)cc1. The van der Waals surface area contributed by atoms with Gasteiger partial charge in [-0.05, 0) is 24.6 Å². The second-order valence-electron chi connectivity index (χ2n) is 4.41. The van der Waals surface area contributed by atoms with Crippen molar-refractivity contribution in [3.8, 4) is 11.5 Å². The van der Waals surface area contributed by atoms with Crippen molar-refractivity contribution in [3.05, 3.63) is 59.2 Å². The first-order valence-corrected chi connectivity index (χ1v) is 6.50. The van der Waals surface area contributed by atoms with Crippen LogP contribution in [0.1, 0.15) is 24.2 Å². The summed E-state index contributed by atoms with van der Waals surface area (Å²) in [6.07, 6.45) is -1.40. The minimum absolute atomic E-state index is 0.0626. The summed E-state index contributed by atoms with van der Waals surface area (Å²) >= 11 is 0. The molecule has 112 valence electrons. The smallest absolute Gasteiger partial charge is 0.135 e. The zero-order valence-corrected chi connectivity index (χ0v) is 11.8. The molecule has 2 aromatic carbocycles. The Morgan fingerprint density at radius 1 is 1.05 bits per heavy atom. The summed E-state index contributed by atoms with van der Waals surface area (Å²) in [4.78, 5) is 0. The molecule has 0 saturated carbocycles. The fourth-order valence-corrected chi connectivity index (χ4v) is 2.02. The Kier molecular flexibility index (Phi) is 4.75. The van der Waals surface area contributed by atoms with E-state index in [0.717, 1.165) is 12.1 Å². The van der Waals surface area contributed by atoms with E-state index in [1.807, 2.05) is 6.92 Å². The number of benzene rings is 2. The highest BCUT2D eigenvalue weighted by molar-refractivity contribution is 5.38. The van der Waals surface area contributed by atoms with Gasteiger partial charge in [-0.15, -0.1) is 0 Å². The monoisotopic (exact) mass is 294 g/mol. The van der Waals surface area contributed by atoms with Crippen molar-refractivity contribution in [1.29, 1.82) is 0 Å². The number of rotatable bonds is 5. The molecule has 5 heteroatoms. The third-order valence-corrected chi connectivity index (χ3v) is 3.07. The Bertz CT molecular complexity index is 588. The second kappa shape index (κ2) is 6.54. The number of halogens is 2. The van der Waals surface area contributed by atoms with E-state index in [1.165, 1.54) is 7.11 Å². The topological polar surface area (TPSA) is 38.7 Å². The van der Waals surface area contributed by atoms with E-state index in [1.54, 1.807) is 24.3 Å². The lowest BCUT2D eigenvalue weighted by atomic mass is 10.00. The first-order valence-electron chi connectivity index (χ1n) is 6.50. The van der Waals surface area contributed by atoms with Crippen LogP contribution in [0.2, 0.25) is 0 Å². The third kappa shape index (κ3) is 3.31. The average molecular weight is 294 g/mol. The van der Waals surface area contributed by atoms with E-state index < -0.39 is 23.3 Å². The van der Waals surface area contributed by atoms with Gasteiger partial charge in [-0.1, -0.05) is 12.1 Å². The van der Waals surface area contributed by atoms with Crippen LogP contribution in [0.4, 0.5) is 8.78 Å². The van der Waals surface area contributed by atoms with Crippen molar-refractivity contribution in [2.45, 2.75) is 13.0 Å². The Hall–Kier alpha value is -2.14. The van der Waals surface area contributed by atoms with Crippen LogP contribution in [0.3, 0.4) is 0 Å². The Morgan fingerprint density at radius 3 is 2.10 bits per heavy atom. The quantitative estimate of drug-likeness (QED) is 0.918. The molecule has 0 aliphatic rings. The van der Waals surface area contributed by atoms with E-state index in [4.69, 9.17) is 9.47 Å². The molecule has 1 atom stereocenters. The van der Waals surface area contributed by atoms with E-state index in [-0.39, 0.29) is 5.75 Å². The predicted octanol–water partition coefficient (Wildman–Crippen LogP) is 3.45. The molecule has 0 aliphatic heterocycles. The molecule has 0 spiro atoms. The maximum absolute atomic E-state index is 13.9. The standard InChI is InChI=1S/C16H16F2O3/c1-3-21-11-6-4-10(5-7-11)16(19)15-13(17)8-12(20-2)9-14(15)18/h4-9,16,19H,3H2,1-2H3. The molecular formula is C16H16F2O3. The fourth-order valence-electron chi connectivity index (χ4n) is 2.02. The van der Waals surface area contributed by atoms with Crippen molar-refractivity contribution in [3.63, 3.8) is 0 Å². The van der Waals surface area contributed by atoms with Crippen molar-refractivity contribution >= 4 is 0 Å². The lowest BCUT2D eigenvalue weighted by molar-refractivity contribution is 0.208. The molecule has 0 saturated heterocycles. The van der Waals surface area contributed by atoms with Crippen LogP contribution >= 0.6 is 0 Å². The number of hydrogen-bond acceptors (Lipinski definition) is 3. The van der Waals surface area contributed by atoms with Gasteiger partial charge in [0.2, 0.25) is 0 Å². The zero-order valence-electron chi connectivity index (χ0n) is 11.8. The number of hydrogen-bond donors (Lipinski definition) is 1. The molecule has 0 heterocycles. The Morgan fingerprint density at radius 2 is 1.62 bits per heavy atom. The Labute approximate surface area is 121 Å². The number of aliphatic hydroxyl groups excluding tert-OH is 1. The summed E-state index contributed by atoms with van der Waals surface area (Å²) in [6, 6.07) is 8.49. The lowest BCUT2D eigenvalue weighted by Gasteiger charge is -2.15. The average Bonchev–Trinajstić information content (AvgIpc) is 2.47. The molecular weight excluding hydrogens is 278 g/mol. The minimum atomic E-state index is -1.40. The van der Waals surface area contributed by atoms with Gasteiger partial charge >= 0.3 is 0 Å². The minimum Gasteiger partial charge on any atom is -0.497 e. The predicted molar refractivity (Wildman–Crippen MR) is 74.6 cm³/mol. The molecule has 2 aromatic rings. The summed E-state index contributed by atoms with van der Waals surface area (Å²) in [6.45, 7) is 2.37. The fraction of sp³-hybridized carbons (Fsp3) is 0.250. The lowest BCUT2D eigenvalue weighted by Crippen LogP contribution is -2.06. The molecule has 0 bridgehead atoms. The van der Waals surface area contributed by atoms with Gasteiger partial charge in [0.25, 0.3) is 0 Å². The van der Waals surface area contributed by atoms with E-state index in [9.17, 15) is 13.9 Å². The van der Waals surface area contributed by atoms with E-state index in [2.05, 4.69) is 0 Å². The van der Waals surface area contributed by atoms with Gasteiger partial charge in [0.05, 0.1) is 19.3 Å². The van der Waals surface area contributed by atoms with Crippen LogP contribution in [0.5, 0.6) is 11.5 Å². The molecule has 0 radical (unpaired) electrons.